The first kappa shape index (κ1) is 14.1. The minimum absolute atomic E-state index is 0.000614. The zero-order valence-corrected chi connectivity index (χ0v) is 13.3. The number of rotatable bonds is 4. The maximum atomic E-state index is 10.7. The Kier molecular flexibility index (Phi) is 3.69. The zero-order valence-electron chi connectivity index (χ0n) is 10.9. The van der Waals surface area contributed by atoms with E-state index in [1.54, 1.807) is 16.0 Å². The third-order valence-corrected chi connectivity index (χ3v) is 5.72. The Hall–Kier alpha value is -1.85. The second-order valence-corrected chi connectivity index (χ2v) is 7.48. The van der Waals surface area contributed by atoms with Crippen molar-refractivity contribution in [1.29, 1.82) is 0 Å². The van der Waals surface area contributed by atoms with Crippen LogP contribution in [0, 0.1) is 24.0 Å². The molecule has 0 radical (unpaired) electrons. The third kappa shape index (κ3) is 2.80. The summed E-state index contributed by atoms with van der Waals surface area (Å²) in [6, 6.07) is 2.00. The highest BCUT2D eigenvalue weighted by molar-refractivity contribution is 8.00. The van der Waals surface area contributed by atoms with E-state index >= 15 is 0 Å². The van der Waals surface area contributed by atoms with Gasteiger partial charge in [-0.1, -0.05) is 0 Å². The summed E-state index contributed by atoms with van der Waals surface area (Å²) in [6.45, 7) is 4.06. The van der Waals surface area contributed by atoms with Crippen molar-refractivity contribution in [2.75, 3.05) is 0 Å². The van der Waals surface area contributed by atoms with Crippen LogP contribution in [0.25, 0.3) is 5.00 Å². The van der Waals surface area contributed by atoms with Crippen LogP contribution in [0.15, 0.2) is 21.8 Å². The molecule has 0 saturated heterocycles. The van der Waals surface area contributed by atoms with Gasteiger partial charge in [-0.2, -0.15) is 4.68 Å². The van der Waals surface area contributed by atoms with Crippen molar-refractivity contribution in [2.24, 2.45) is 0 Å². The Morgan fingerprint density at radius 2 is 2.19 bits per heavy atom. The summed E-state index contributed by atoms with van der Waals surface area (Å²) in [5, 5.41) is 23.7. The predicted octanol–water partition coefficient (Wildman–Crippen LogP) is 2.86. The lowest BCUT2D eigenvalue weighted by Gasteiger charge is -1.98. The van der Waals surface area contributed by atoms with Crippen LogP contribution in [-0.2, 0) is 0 Å². The predicted molar refractivity (Wildman–Crippen MR) is 79.4 cm³/mol. The summed E-state index contributed by atoms with van der Waals surface area (Å²) in [4.78, 5) is 15.4. The van der Waals surface area contributed by atoms with E-state index in [0.29, 0.717) is 9.50 Å². The molecule has 0 spiro atoms. The highest BCUT2D eigenvalue weighted by atomic mass is 32.2. The summed E-state index contributed by atoms with van der Waals surface area (Å²) in [5.74, 6) is 0. The molecule has 3 rings (SSSR count). The zero-order chi connectivity index (χ0) is 15.0. The molecular weight excluding hydrogens is 332 g/mol. The van der Waals surface area contributed by atoms with E-state index in [-0.39, 0.29) is 5.00 Å². The monoisotopic (exact) mass is 340 g/mol. The van der Waals surface area contributed by atoms with E-state index < -0.39 is 4.92 Å². The number of thiazole rings is 1. The van der Waals surface area contributed by atoms with Crippen molar-refractivity contribution in [2.45, 2.75) is 23.3 Å². The highest BCUT2D eigenvalue weighted by Crippen LogP contribution is 2.34. The van der Waals surface area contributed by atoms with Crippen LogP contribution >= 0.6 is 34.4 Å². The molecule has 0 N–H and O–H groups in total. The first-order valence-corrected chi connectivity index (χ1v) is 8.13. The van der Waals surface area contributed by atoms with Crippen molar-refractivity contribution < 1.29 is 4.92 Å². The van der Waals surface area contributed by atoms with Crippen LogP contribution in [0.1, 0.15) is 10.4 Å². The van der Waals surface area contributed by atoms with Gasteiger partial charge in [-0.3, -0.25) is 10.1 Å². The molecule has 3 heterocycles. The van der Waals surface area contributed by atoms with Gasteiger partial charge in [0.1, 0.15) is 11.2 Å². The summed E-state index contributed by atoms with van der Waals surface area (Å²) in [7, 11) is 0. The average molecular weight is 340 g/mol. The van der Waals surface area contributed by atoms with Crippen LogP contribution in [0.3, 0.4) is 0 Å². The Bertz CT molecular complexity index is 788. The maximum Gasteiger partial charge on any atom is 0.344 e. The number of tetrazole rings is 1. The Morgan fingerprint density at radius 3 is 2.81 bits per heavy atom. The van der Waals surface area contributed by atoms with Gasteiger partial charge in [0.05, 0.1) is 4.92 Å². The maximum absolute atomic E-state index is 10.7. The van der Waals surface area contributed by atoms with Crippen molar-refractivity contribution in [3.05, 3.63) is 32.8 Å². The van der Waals surface area contributed by atoms with Crippen LogP contribution in [0.2, 0.25) is 0 Å². The summed E-state index contributed by atoms with van der Waals surface area (Å²) >= 11 is 3.79. The quantitative estimate of drug-likeness (QED) is 0.532. The van der Waals surface area contributed by atoms with Crippen molar-refractivity contribution >= 4 is 39.4 Å². The number of hydrogen-bond donors (Lipinski definition) is 0. The number of nitrogens with zero attached hydrogens (tertiary/aromatic N) is 6. The first-order chi connectivity index (χ1) is 10.0. The molecule has 0 unspecified atom stereocenters. The number of aromatic nitrogens is 5. The van der Waals surface area contributed by atoms with Crippen LogP contribution < -0.4 is 0 Å². The molecule has 0 bridgehead atoms. The van der Waals surface area contributed by atoms with Gasteiger partial charge in [0.15, 0.2) is 4.34 Å². The topological polar surface area (TPSA) is 99.6 Å². The molecule has 0 saturated carbocycles. The molecule has 0 fully saturated rings. The second kappa shape index (κ2) is 5.50. The van der Waals surface area contributed by atoms with Gasteiger partial charge in [0.2, 0.25) is 5.16 Å². The first-order valence-electron chi connectivity index (χ1n) is 5.68. The molecule has 108 valence electrons. The van der Waals surface area contributed by atoms with Gasteiger partial charge in [-0.15, -0.1) is 16.4 Å². The lowest BCUT2D eigenvalue weighted by Crippen LogP contribution is -1.95. The van der Waals surface area contributed by atoms with Gasteiger partial charge in [-0.25, -0.2) is 4.98 Å². The van der Waals surface area contributed by atoms with Crippen molar-refractivity contribution in [3.8, 4) is 5.00 Å². The Labute approximate surface area is 131 Å². The third-order valence-electron chi connectivity index (χ3n) is 2.63. The van der Waals surface area contributed by atoms with Crippen molar-refractivity contribution in [1.82, 2.24) is 25.2 Å². The molecule has 0 aromatic carbocycles. The van der Waals surface area contributed by atoms with Crippen LogP contribution in [0.4, 0.5) is 5.00 Å². The normalized spacial score (nSPS) is 11.0. The molecule has 3 aromatic rings. The van der Waals surface area contributed by atoms with E-state index in [0.717, 1.165) is 16.3 Å². The van der Waals surface area contributed by atoms with Gasteiger partial charge in [0, 0.05) is 4.88 Å². The molecular formula is C10H8N6O2S3. The lowest BCUT2D eigenvalue weighted by molar-refractivity contribution is -0.380. The molecule has 11 heteroatoms. The molecule has 0 atom stereocenters. The Balaban J connectivity index is 1.90. The summed E-state index contributed by atoms with van der Waals surface area (Å²) in [6.07, 6.45) is 1.24. The van der Waals surface area contributed by atoms with Gasteiger partial charge < -0.3 is 0 Å². The molecule has 8 nitrogen and oxygen atoms in total. The number of nitro groups is 1. The molecule has 0 amide bonds. The van der Waals surface area contributed by atoms with Crippen molar-refractivity contribution in [3.63, 3.8) is 0 Å². The minimum atomic E-state index is -0.462. The standard InChI is InChI=1S/C10H8N6O2S3/c1-5-3-7(19-6(5)2)15-9(12-13-14-15)21-10-11-4-8(20-10)16(17)18/h3-4H,1-2H3. The molecule has 3 aromatic heterocycles. The highest BCUT2D eigenvalue weighted by Gasteiger charge is 2.17. The van der Waals surface area contributed by atoms with Gasteiger partial charge in [-0.05, 0) is 59.0 Å². The fourth-order valence-electron chi connectivity index (χ4n) is 1.50. The second-order valence-electron chi connectivity index (χ2n) is 4.02. The van der Waals surface area contributed by atoms with Gasteiger partial charge >= 0.3 is 5.00 Å². The fourth-order valence-corrected chi connectivity index (χ4v) is 4.21. The summed E-state index contributed by atoms with van der Waals surface area (Å²) in [5.41, 5.74) is 1.17. The van der Waals surface area contributed by atoms with Gasteiger partial charge in [0.25, 0.3) is 0 Å². The van der Waals surface area contributed by atoms with E-state index in [9.17, 15) is 10.1 Å². The summed E-state index contributed by atoms with van der Waals surface area (Å²) < 4.78 is 2.14. The van der Waals surface area contributed by atoms with E-state index in [1.807, 2.05) is 19.9 Å². The SMILES string of the molecule is Cc1cc(-n2nnnc2Sc2ncc([N+](=O)[O-])s2)sc1C. The number of aryl methyl sites for hydroxylation is 2. The largest absolute Gasteiger partial charge is 0.344 e. The van der Waals surface area contributed by atoms with E-state index in [4.69, 9.17) is 0 Å². The van der Waals surface area contributed by atoms with E-state index in [1.165, 1.54) is 28.4 Å². The van der Waals surface area contributed by atoms with Crippen LogP contribution in [0.5, 0.6) is 0 Å². The van der Waals surface area contributed by atoms with E-state index in [2.05, 4.69) is 20.5 Å². The lowest BCUT2D eigenvalue weighted by atomic mass is 10.3. The average Bonchev–Trinajstić information content (AvgIpc) is 3.12. The Morgan fingerprint density at radius 1 is 1.38 bits per heavy atom. The molecule has 0 aliphatic rings. The molecule has 0 aliphatic heterocycles. The smallest absolute Gasteiger partial charge is 0.257 e. The molecule has 21 heavy (non-hydrogen) atoms. The van der Waals surface area contributed by atoms with Crippen LogP contribution in [-0.4, -0.2) is 30.1 Å². The molecule has 0 aliphatic carbocycles. The number of hydrogen-bond acceptors (Lipinski definition) is 9. The fraction of sp³-hybridized carbons (Fsp3) is 0.200. The minimum Gasteiger partial charge on any atom is -0.257 e. The number of thiophene rings is 1.